The summed E-state index contributed by atoms with van der Waals surface area (Å²) in [6.45, 7) is 9.74. The van der Waals surface area contributed by atoms with E-state index in [2.05, 4.69) is 13.2 Å². The molecular weight excluding hydrogens is 424 g/mol. The van der Waals surface area contributed by atoms with Crippen LogP contribution in [0.5, 0.6) is 11.5 Å². The van der Waals surface area contributed by atoms with Gasteiger partial charge in [-0.05, 0) is 24.3 Å². The number of aliphatic hydroxyl groups excluding tert-OH is 1. The van der Waals surface area contributed by atoms with Crippen LogP contribution in [0.25, 0.3) is 0 Å². The summed E-state index contributed by atoms with van der Waals surface area (Å²) in [5.41, 5.74) is 1.69. The Labute approximate surface area is 194 Å². The Kier molecular flexibility index (Phi) is 8.97. The maximum atomic E-state index is 12.8. The van der Waals surface area contributed by atoms with E-state index in [4.69, 9.17) is 18.6 Å². The van der Waals surface area contributed by atoms with E-state index in [0.717, 1.165) is 11.3 Å². The van der Waals surface area contributed by atoms with Crippen molar-refractivity contribution in [2.24, 2.45) is 0 Å². The van der Waals surface area contributed by atoms with Crippen LogP contribution in [-0.2, 0) is 22.7 Å². The van der Waals surface area contributed by atoms with E-state index in [1.54, 1.807) is 36.5 Å². The Balaban J connectivity index is 1.85. The summed E-state index contributed by atoms with van der Waals surface area (Å²) in [6, 6.07) is 7.39. The quantitative estimate of drug-likeness (QED) is 0.491. The number of amides is 1. The average molecular weight is 457 g/mol. The lowest BCUT2D eigenvalue weighted by molar-refractivity contribution is -0.131. The topological polar surface area (TPSA) is 84.6 Å². The first-order valence-corrected chi connectivity index (χ1v) is 10.9. The lowest BCUT2D eigenvalue weighted by Gasteiger charge is -2.35. The highest BCUT2D eigenvalue weighted by molar-refractivity contribution is 5.79. The molecule has 0 fully saturated rings. The lowest BCUT2D eigenvalue weighted by atomic mass is 10.1. The molecular formula is C25H32N2O6. The molecule has 0 aliphatic carbocycles. The van der Waals surface area contributed by atoms with Gasteiger partial charge in [0.2, 0.25) is 5.91 Å². The summed E-state index contributed by atoms with van der Waals surface area (Å²) >= 11 is 0. The highest BCUT2D eigenvalue weighted by atomic mass is 16.5. The van der Waals surface area contributed by atoms with Crippen molar-refractivity contribution in [2.75, 3.05) is 44.9 Å². The SMILES string of the molecule is C=CCOc1c(OC)ccc2c1CN(CC=C)C(=O)CCN2CC(O)COCc1ccco1. The minimum Gasteiger partial charge on any atom is -0.493 e. The molecule has 1 aromatic carbocycles. The van der Waals surface area contributed by atoms with Crippen LogP contribution in [0, 0.1) is 0 Å². The zero-order valence-corrected chi connectivity index (χ0v) is 19.1. The van der Waals surface area contributed by atoms with Crippen molar-refractivity contribution >= 4 is 11.6 Å². The molecule has 1 atom stereocenters. The summed E-state index contributed by atoms with van der Waals surface area (Å²) in [6.07, 6.45) is 4.51. The second-order valence-corrected chi connectivity index (χ2v) is 7.70. The second-order valence-electron chi connectivity index (χ2n) is 7.70. The summed E-state index contributed by atoms with van der Waals surface area (Å²) < 4.78 is 22.3. The molecule has 1 N–H and O–H groups in total. The van der Waals surface area contributed by atoms with Gasteiger partial charge in [0.25, 0.3) is 0 Å². The van der Waals surface area contributed by atoms with Gasteiger partial charge in [-0.15, -0.1) is 6.58 Å². The molecule has 178 valence electrons. The number of rotatable bonds is 12. The van der Waals surface area contributed by atoms with E-state index in [1.165, 1.54) is 0 Å². The van der Waals surface area contributed by atoms with E-state index in [-0.39, 0.29) is 19.1 Å². The van der Waals surface area contributed by atoms with E-state index in [1.807, 2.05) is 23.1 Å². The summed E-state index contributed by atoms with van der Waals surface area (Å²) in [4.78, 5) is 16.6. The molecule has 1 unspecified atom stereocenters. The molecule has 0 saturated heterocycles. The smallest absolute Gasteiger partial charge is 0.224 e. The molecule has 1 aromatic heterocycles. The van der Waals surface area contributed by atoms with E-state index >= 15 is 0 Å². The van der Waals surface area contributed by atoms with Gasteiger partial charge in [0.05, 0.1) is 32.6 Å². The predicted molar refractivity (Wildman–Crippen MR) is 126 cm³/mol. The van der Waals surface area contributed by atoms with Crippen molar-refractivity contribution in [1.29, 1.82) is 0 Å². The van der Waals surface area contributed by atoms with Crippen LogP contribution in [0.1, 0.15) is 17.7 Å². The minimum absolute atomic E-state index is 0.00611. The van der Waals surface area contributed by atoms with Crippen molar-refractivity contribution in [3.8, 4) is 11.5 Å². The third-order valence-corrected chi connectivity index (χ3v) is 5.32. The van der Waals surface area contributed by atoms with Gasteiger partial charge >= 0.3 is 0 Å². The Hall–Kier alpha value is -3.23. The fourth-order valence-electron chi connectivity index (χ4n) is 3.80. The van der Waals surface area contributed by atoms with Gasteiger partial charge in [0.15, 0.2) is 11.5 Å². The van der Waals surface area contributed by atoms with Gasteiger partial charge in [-0.25, -0.2) is 0 Å². The maximum absolute atomic E-state index is 12.8. The highest BCUT2D eigenvalue weighted by Crippen LogP contribution is 2.40. The monoisotopic (exact) mass is 456 g/mol. The fourth-order valence-corrected chi connectivity index (χ4v) is 3.80. The van der Waals surface area contributed by atoms with Crippen LogP contribution in [0.15, 0.2) is 60.3 Å². The molecule has 8 heteroatoms. The van der Waals surface area contributed by atoms with Crippen LogP contribution in [0.4, 0.5) is 5.69 Å². The zero-order chi connectivity index (χ0) is 23.6. The predicted octanol–water partition coefficient (Wildman–Crippen LogP) is 3.16. The molecule has 33 heavy (non-hydrogen) atoms. The summed E-state index contributed by atoms with van der Waals surface area (Å²) in [5, 5.41) is 10.7. The van der Waals surface area contributed by atoms with Crippen molar-refractivity contribution in [3.63, 3.8) is 0 Å². The molecule has 3 rings (SSSR count). The summed E-state index contributed by atoms with van der Waals surface area (Å²) in [7, 11) is 1.58. The Morgan fingerprint density at radius 3 is 2.79 bits per heavy atom. The number of hydrogen-bond acceptors (Lipinski definition) is 7. The van der Waals surface area contributed by atoms with Crippen LogP contribution in [0.3, 0.4) is 0 Å². The number of furan rings is 1. The summed E-state index contributed by atoms with van der Waals surface area (Å²) in [5.74, 6) is 1.84. The Bertz CT molecular complexity index is 927. The van der Waals surface area contributed by atoms with E-state index < -0.39 is 6.10 Å². The van der Waals surface area contributed by atoms with Crippen molar-refractivity contribution < 1.29 is 28.5 Å². The molecule has 1 aliphatic rings. The number of β-amino-alcohol motifs (C(OH)–C–C–N with tert-alkyl or cyclic N) is 1. The molecule has 2 heterocycles. The standard InChI is InChI=1S/C25H32N2O6/c1-4-11-27-16-21-22(8-9-23(30-3)25(21)33-13-5-2)26(12-10-24(27)29)15-19(28)17-31-18-20-7-6-14-32-20/h4-9,14,19,28H,1-2,10-13,15-18H2,3H3. The van der Waals surface area contributed by atoms with Crippen LogP contribution >= 0.6 is 0 Å². The van der Waals surface area contributed by atoms with Gasteiger partial charge in [0.1, 0.15) is 19.0 Å². The molecule has 1 aliphatic heterocycles. The van der Waals surface area contributed by atoms with Gasteiger partial charge in [-0.1, -0.05) is 18.7 Å². The molecule has 0 saturated carbocycles. The number of methoxy groups -OCH3 is 1. The number of carbonyl (C=O) groups excluding carboxylic acids is 1. The third kappa shape index (κ3) is 6.40. The molecule has 0 radical (unpaired) electrons. The third-order valence-electron chi connectivity index (χ3n) is 5.32. The van der Waals surface area contributed by atoms with Gasteiger partial charge < -0.3 is 33.5 Å². The molecule has 1 amide bonds. The average Bonchev–Trinajstić information content (AvgIpc) is 3.32. The Morgan fingerprint density at radius 2 is 2.09 bits per heavy atom. The molecule has 0 bridgehead atoms. The maximum Gasteiger partial charge on any atom is 0.224 e. The number of nitrogens with zero attached hydrogens (tertiary/aromatic N) is 2. The number of ether oxygens (including phenoxy) is 3. The second kappa shape index (κ2) is 12.1. The lowest BCUT2D eigenvalue weighted by Crippen LogP contribution is -2.41. The van der Waals surface area contributed by atoms with Gasteiger partial charge in [-0.2, -0.15) is 0 Å². The van der Waals surface area contributed by atoms with Crippen LogP contribution in [-0.4, -0.2) is 62.0 Å². The molecule has 8 nitrogen and oxygen atoms in total. The number of hydrogen-bond donors (Lipinski definition) is 1. The van der Waals surface area contributed by atoms with Crippen molar-refractivity contribution in [2.45, 2.75) is 25.7 Å². The van der Waals surface area contributed by atoms with Gasteiger partial charge in [0, 0.05) is 37.3 Å². The molecule has 2 aromatic rings. The largest absolute Gasteiger partial charge is 0.493 e. The first-order chi connectivity index (χ1) is 16.1. The number of benzene rings is 1. The minimum atomic E-state index is -0.758. The zero-order valence-electron chi connectivity index (χ0n) is 19.1. The normalized spacial score (nSPS) is 14.8. The van der Waals surface area contributed by atoms with Crippen LogP contribution in [0.2, 0.25) is 0 Å². The van der Waals surface area contributed by atoms with Crippen molar-refractivity contribution in [3.05, 3.63) is 67.2 Å². The van der Waals surface area contributed by atoms with Gasteiger partial charge in [-0.3, -0.25) is 4.79 Å². The number of anilines is 1. The van der Waals surface area contributed by atoms with Crippen molar-refractivity contribution in [1.82, 2.24) is 4.90 Å². The highest BCUT2D eigenvalue weighted by Gasteiger charge is 2.27. The van der Waals surface area contributed by atoms with E-state index in [0.29, 0.717) is 56.5 Å². The Morgan fingerprint density at radius 1 is 1.24 bits per heavy atom. The van der Waals surface area contributed by atoms with E-state index in [9.17, 15) is 9.90 Å². The number of carbonyl (C=O) groups is 1. The number of aliphatic hydroxyl groups is 1. The first-order valence-electron chi connectivity index (χ1n) is 10.9. The first kappa shape index (κ1) is 24.4. The van der Waals surface area contributed by atoms with Crippen LogP contribution < -0.4 is 14.4 Å². The molecule has 0 spiro atoms. The number of fused-ring (bicyclic) bond motifs is 1. The fraction of sp³-hybridized carbons (Fsp3) is 0.400.